The first-order valence-corrected chi connectivity index (χ1v) is 9.29. The summed E-state index contributed by atoms with van der Waals surface area (Å²) in [4.78, 5) is 24.4. The molecule has 1 saturated carbocycles. The highest BCUT2D eigenvalue weighted by Gasteiger charge is 2.22. The average molecular weight is 369 g/mol. The van der Waals surface area contributed by atoms with E-state index in [0.717, 1.165) is 31.2 Å². The predicted molar refractivity (Wildman–Crippen MR) is 103 cm³/mol. The van der Waals surface area contributed by atoms with Gasteiger partial charge in [0.1, 0.15) is 5.75 Å². The van der Waals surface area contributed by atoms with E-state index in [2.05, 4.69) is 0 Å². The van der Waals surface area contributed by atoms with Gasteiger partial charge in [-0.2, -0.15) is 0 Å². The zero-order valence-electron chi connectivity index (χ0n) is 14.5. The van der Waals surface area contributed by atoms with Gasteiger partial charge in [0, 0.05) is 10.6 Å². The summed E-state index contributed by atoms with van der Waals surface area (Å²) in [6, 6.07) is 14.0. The molecule has 26 heavy (non-hydrogen) atoms. The number of carbonyl (C=O) groups excluding carboxylic acids is 2. The summed E-state index contributed by atoms with van der Waals surface area (Å²) in [5, 5.41) is 0.659. The van der Waals surface area contributed by atoms with Crippen molar-refractivity contribution in [2.45, 2.75) is 32.1 Å². The van der Waals surface area contributed by atoms with Crippen LogP contribution in [0.5, 0.6) is 5.75 Å². The smallest absolute Gasteiger partial charge is 0.314 e. The molecule has 3 nitrogen and oxygen atoms in total. The molecule has 0 heterocycles. The Labute approximate surface area is 158 Å². The van der Waals surface area contributed by atoms with E-state index in [1.165, 1.54) is 12.5 Å². The molecule has 4 heteroatoms. The van der Waals surface area contributed by atoms with Gasteiger partial charge in [-0.3, -0.25) is 9.59 Å². The Bertz CT molecular complexity index is 785. The van der Waals surface area contributed by atoms with Crippen LogP contribution in [0.15, 0.2) is 54.6 Å². The van der Waals surface area contributed by atoms with E-state index in [-0.39, 0.29) is 17.7 Å². The van der Waals surface area contributed by atoms with E-state index < -0.39 is 0 Å². The highest BCUT2D eigenvalue weighted by molar-refractivity contribution is 6.30. The highest BCUT2D eigenvalue weighted by atomic mass is 35.5. The number of hydrogen-bond donors (Lipinski definition) is 0. The standard InChI is InChI=1S/C22H21ClO3/c23-19-11-6-16(7-12-19)8-15-21(24)17-9-13-20(14-10-17)26-22(25)18-4-2-1-3-5-18/h6-15,18H,1-5H2. The van der Waals surface area contributed by atoms with Crippen LogP contribution < -0.4 is 4.74 Å². The van der Waals surface area contributed by atoms with Crippen LogP contribution in [0.4, 0.5) is 0 Å². The maximum absolute atomic E-state index is 12.2. The Kier molecular flexibility index (Phi) is 6.24. The second-order valence-corrected chi connectivity index (χ2v) is 6.97. The predicted octanol–water partition coefficient (Wildman–Crippen LogP) is 5.72. The second-order valence-electron chi connectivity index (χ2n) is 6.53. The Hall–Kier alpha value is -2.39. The monoisotopic (exact) mass is 368 g/mol. The molecule has 1 aliphatic rings. The average Bonchev–Trinajstić information content (AvgIpc) is 2.68. The van der Waals surface area contributed by atoms with Crippen LogP contribution in [0.2, 0.25) is 5.02 Å². The van der Waals surface area contributed by atoms with Gasteiger partial charge in [-0.15, -0.1) is 0 Å². The second kappa shape index (κ2) is 8.81. The van der Waals surface area contributed by atoms with Crippen LogP contribution in [0.3, 0.4) is 0 Å². The Morgan fingerprint density at radius 2 is 1.58 bits per heavy atom. The molecule has 0 aliphatic heterocycles. The molecule has 0 unspecified atom stereocenters. The molecular weight excluding hydrogens is 348 g/mol. The lowest BCUT2D eigenvalue weighted by molar-refractivity contribution is -0.139. The third kappa shape index (κ3) is 5.06. The Balaban J connectivity index is 1.58. The van der Waals surface area contributed by atoms with Crippen LogP contribution in [0.1, 0.15) is 48.0 Å². The number of ether oxygens (including phenoxy) is 1. The first-order chi connectivity index (χ1) is 12.6. The molecule has 0 saturated heterocycles. The van der Waals surface area contributed by atoms with E-state index in [9.17, 15) is 9.59 Å². The fraction of sp³-hybridized carbons (Fsp3) is 0.273. The normalized spacial score (nSPS) is 15.1. The molecule has 2 aromatic rings. The van der Waals surface area contributed by atoms with E-state index in [1.807, 2.05) is 12.1 Å². The van der Waals surface area contributed by atoms with Gasteiger partial charge < -0.3 is 4.74 Å². The van der Waals surface area contributed by atoms with Crippen molar-refractivity contribution in [3.8, 4) is 5.75 Å². The minimum atomic E-state index is -0.161. The van der Waals surface area contributed by atoms with E-state index >= 15 is 0 Å². The lowest BCUT2D eigenvalue weighted by atomic mass is 9.89. The van der Waals surface area contributed by atoms with Gasteiger partial charge in [-0.25, -0.2) is 0 Å². The largest absolute Gasteiger partial charge is 0.426 e. The summed E-state index contributed by atoms with van der Waals surface area (Å²) in [7, 11) is 0. The zero-order chi connectivity index (χ0) is 18.4. The number of allylic oxidation sites excluding steroid dienone is 1. The lowest BCUT2D eigenvalue weighted by Gasteiger charge is -2.19. The van der Waals surface area contributed by atoms with E-state index in [4.69, 9.17) is 16.3 Å². The van der Waals surface area contributed by atoms with Gasteiger partial charge >= 0.3 is 5.97 Å². The van der Waals surface area contributed by atoms with Gasteiger partial charge in [-0.1, -0.05) is 49.1 Å². The molecule has 134 valence electrons. The molecule has 3 rings (SSSR count). The molecule has 0 spiro atoms. The number of halogens is 1. The molecule has 0 radical (unpaired) electrons. The number of benzene rings is 2. The lowest BCUT2D eigenvalue weighted by Crippen LogP contribution is -2.22. The molecule has 1 aliphatic carbocycles. The Morgan fingerprint density at radius 3 is 2.23 bits per heavy atom. The summed E-state index contributed by atoms with van der Waals surface area (Å²) < 4.78 is 5.45. The van der Waals surface area contributed by atoms with Crippen LogP contribution >= 0.6 is 11.6 Å². The molecule has 0 N–H and O–H groups in total. The molecule has 0 bridgehead atoms. The van der Waals surface area contributed by atoms with Crippen LogP contribution in [-0.2, 0) is 4.79 Å². The van der Waals surface area contributed by atoms with Crippen molar-refractivity contribution < 1.29 is 14.3 Å². The quantitative estimate of drug-likeness (QED) is 0.293. The number of ketones is 1. The number of hydrogen-bond acceptors (Lipinski definition) is 3. The van der Waals surface area contributed by atoms with E-state index in [1.54, 1.807) is 42.5 Å². The van der Waals surface area contributed by atoms with Crippen molar-refractivity contribution in [2.75, 3.05) is 0 Å². The maximum Gasteiger partial charge on any atom is 0.314 e. The summed E-state index contributed by atoms with van der Waals surface area (Å²) in [6.07, 6.45) is 8.46. The van der Waals surface area contributed by atoms with Gasteiger partial charge in [-0.05, 0) is 60.9 Å². The fourth-order valence-corrected chi connectivity index (χ4v) is 3.19. The zero-order valence-corrected chi connectivity index (χ0v) is 15.2. The van der Waals surface area contributed by atoms with Crippen LogP contribution in [0, 0.1) is 5.92 Å². The van der Waals surface area contributed by atoms with Gasteiger partial charge in [0.2, 0.25) is 0 Å². The van der Waals surface area contributed by atoms with Gasteiger partial charge in [0.05, 0.1) is 5.92 Å². The number of esters is 1. The Morgan fingerprint density at radius 1 is 0.923 bits per heavy atom. The number of rotatable bonds is 5. The summed E-state index contributed by atoms with van der Waals surface area (Å²) >= 11 is 5.84. The SMILES string of the molecule is O=C(C=Cc1ccc(Cl)cc1)c1ccc(OC(=O)C2CCCCC2)cc1. The van der Waals surface area contributed by atoms with Crippen molar-refractivity contribution in [3.05, 3.63) is 70.8 Å². The van der Waals surface area contributed by atoms with Crippen LogP contribution in [0.25, 0.3) is 6.08 Å². The molecule has 0 atom stereocenters. The molecule has 0 amide bonds. The van der Waals surface area contributed by atoms with Crippen molar-refractivity contribution in [2.24, 2.45) is 5.92 Å². The minimum absolute atomic E-state index is 0.00682. The topological polar surface area (TPSA) is 43.4 Å². The molecule has 1 fully saturated rings. The van der Waals surface area contributed by atoms with Gasteiger partial charge in [0.25, 0.3) is 0 Å². The highest BCUT2D eigenvalue weighted by Crippen LogP contribution is 2.25. The molecule has 2 aromatic carbocycles. The summed E-state index contributed by atoms with van der Waals surface area (Å²) in [5.74, 6) is 0.225. The van der Waals surface area contributed by atoms with Crippen molar-refractivity contribution in [1.82, 2.24) is 0 Å². The van der Waals surface area contributed by atoms with Crippen molar-refractivity contribution in [1.29, 1.82) is 0 Å². The number of carbonyl (C=O) groups is 2. The maximum atomic E-state index is 12.2. The third-order valence-corrected chi connectivity index (χ3v) is 4.84. The first kappa shape index (κ1) is 18.4. The minimum Gasteiger partial charge on any atom is -0.426 e. The summed E-state index contributed by atoms with van der Waals surface area (Å²) in [6.45, 7) is 0. The van der Waals surface area contributed by atoms with Crippen molar-refractivity contribution in [3.63, 3.8) is 0 Å². The van der Waals surface area contributed by atoms with E-state index in [0.29, 0.717) is 16.3 Å². The first-order valence-electron chi connectivity index (χ1n) is 8.91. The molecular formula is C22H21ClO3. The fourth-order valence-electron chi connectivity index (χ4n) is 3.07. The van der Waals surface area contributed by atoms with Crippen LogP contribution in [-0.4, -0.2) is 11.8 Å². The van der Waals surface area contributed by atoms with Gasteiger partial charge in [0.15, 0.2) is 5.78 Å². The van der Waals surface area contributed by atoms with Crippen molar-refractivity contribution >= 4 is 29.4 Å². The molecule has 0 aromatic heterocycles. The third-order valence-electron chi connectivity index (χ3n) is 4.59. The summed E-state index contributed by atoms with van der Waals surface area (Å²) in [5.41, 5.74) is 1.45.